The van der Waals surface area contributed by atoms with Gasteiger partial charge in [0.1, 0.15) is 10.6 Å². The Morgan fingerprint density at radius 3 is 2.92 bits per heavy atom. The lowest BCUT2D eigenvalue weighted by molar-refractivity contribution is 0.103. The molecule has 2 heterocycles. The van der Waals surface area contributed by atoms with Crippen LogP contribution in [0.2, 0.25) is 0 Å². The number of amides is 1. The molecule has 3 aromatic rings. The lowest BCUT2D eigenvalue weighted by atomic mass is 10.2. The first-order valence-electron chi connectivity index (χ1n) is 7.99. The van der Waals surface area contributed by atoms with Crippen molar-refractivity contribution in [3.05, 3.63) is 51.4 Å². The van der Waals surface area contributed by atoms with Crippen molar-refractivity contribution in [3.8, 4) is 5.75 Å². The molecule has 25 heavy (non-hydrogen) atoms. The number of carbonyl (C=O) groups is 1. The number of benzene rings is 1. The fraction of sp³-hybridized carbons (Fsp3) is 0.278. The van der Waals surface area contributed by atoms with E-state index in [1.54, 1.807) is 49.2 Å². The first-order valence-corrected chi connectivity index (χ1v) is 8.80. The minimum absolute atomic E-state index is 0.0963. The molecule has 1 amide bonds. The number of nitrogens with one attached hydrogen (secondary N) is 1. The van der Waals surface area contributed by atoms with E-state index in [2.05, 4.69) is 10.3 Å². The Hall–Kier alpha value is -2.67. The number of aryl methyl sites for hydroxylation is 2. The summed E-state index contributed by atoms with van der Waals surface area (Å²) in [4.78, 5) is 30.7. The minimum Gasteiger partial charge on any atom is -0.497 e. The molecular weight excluding hydrogens is 338 g/mol. The van der Waals surface area contributed by atoms with Crippen molar-refractivity contribution in [2.45, 2.75) is 26.8 Å². The number of aromatic nitrogens is 2. The molecule has 2 aromatic heterocycles. The highest BCUT2D eigenvalue weighted by Crippen LogP contribution is 2.28. The largest absolute Gasteiger partial charge is 0.497 e. The van der Waals surface area contributed by atoms with E-state index in [9.17, 15) is 9.59 Å². The maximum Gasteiger partial charge on any atom is 0.266 e. The topological polar surface area (TPSA) is 73.2 Å². The maximum absolute atomic E-state index is 12.6. The normalized spacial score (nSPS) is 10.8. The number of carbonyl (C=O) groups excluding carboxylic acids is 1. The van der Waals surface area contributed by atoms with Gasteiger partial charge in [-0.15, -0.1) is 11.3 Å². The lowest BCUT2D eigenvalue weighted by Crippen LogP contribution is -2.20. The average molecular weight is 357 g/mol. The molecule has 0 fully saturated rings. The Bertz CT molecular complexity index is 991. The molecule has 0 spiro atoms. The number of hydrogen-bond donors (Lipinski definition) is 1. The standard InChI is InChI=1S/C18H19N3O3S/c1-4-8-21-10-19-17-14(18(21)23)11(2)15(25-17)16(22)20-12-6-5-7-13(9-12)24-3/h5-7,9-10H,4,8H2,1-3H3,(H,20,22). The van der Waals surface area contributed by atoms with Crippen LogP contribution in [0.5, 0.6) is 5.75 Å². The van der Waals surface area contributed by atoms with Gasteiger partial charge in [-0.25, -0.2) is 4.98 Å². The molecule has 6 nitrogen and oxygen atoms in total. The van der Waals surface area contributed by atoms with Gasteiger partial charge < -0.3 is 10.1 Å². The van der Waals surface area contributed by atoms with Gasteiger partial charge in [0.05, 0.1) is 23.7 Å². The molecule has 0 aliphatic heterocycles. The van der Waals surface area contributed by atoms with E-state index >= 15 is 0 Å². The highest BCUT2D eigenvalue weighted by atomic mass is 32.1. The molecule has 0 saturated carbocycles. The van der Waals surface area contributed by atoms with Crippen molar-refractivity contribution < 1.29 is 9.53 Å². The van der Waals surface area contributed by atoms with E-state index in [1.165, 1.54) is 11.3 Å². The zero-order valence-electron chi connectivity index (χ0n) is 14.3. The molecule has 0 aliphatic carbocycles. The summed E-state index contributed by atoms with van der Waals surface area (Å²) >= 11 is 1.23. The first kappa shape index (κ1) is 17.2. The van der Waals surface area contributed by atoms with Crippen molar-refractivity contribution >= 4 is 33.1 Å². The summed E-state index contributed by atoms with van der Waals surface area (Å²) in [7, 11) is 1.57. The monoisotopic (exact) mass is 357 g/mol. The number of nitrogens with zero attached hydrogens (tertiary/aromatic N) is 2. The number of thiophene rings is 1. The van der Waals surface area contributed by atoms with Gasteiger partial charge in [0.15, 0.2) is 0 Å². The highest BCUT2D eigenvalue weighted by molar-refractivity contribution is 7.20. The molecule has 0 atom stereocenters. The van der Waals surface area contributed by atoms with Gasteiger partial charge in [-0.1, -0.05) is 13.0 Å². The number of methoxy groups -OCH3 is 1. The van der Waals surface area contributed by atoms with E-state index in [1.807, 2.05) is 6.92 Å². The van der Waals surface area contributed by atoms with Crippen molar-refractivity contribution in [2.75, 3.05) is 12.4 Å². The van der Waals surface area contributed by atoms with E-state index in [0.29, 0.717) is 38.6 Å². The fourth-order valence-electron chi connectivity index (χ4n) is 2.66. The van der Waals surface area contributed by atoms with Gasteiger partial charge in [-0.05, 0) is 31.0 Å². The Morgan fingerprint density at radius 2 is 2.20 bits per heavy atom. The quantitative estimate of drug-likeness (QED) is 0.759. The summed E-state index contributed by atoms with van der Waals surface area (Å²) in [6.07, 6.45) is 2.40. The number of fused-ring (bicyclic) bond motifs is 1. The Morgan fingerprint density at radius 1 is 1.40 bits per heavy atom. The fourth-order valence-corrected chi connectivity index (χ4v) is 3.70. The van der Waals surface area contributed by atoms with Crippen LogP contribution in [0.15, 0.2) is 35.4 Å². The van der Waals surface area contributed by atoms with Crippen LogP contribution >= 0.6 is 11.3 Å². The summed E-state index contributed by atoms with van der Waals surface area (Å²) in [5.74, 6) is 0.408. The van der Waals surface area contributed by atoms with Crippen LogP contribution in [0.25, 0.3) is 10.2 Å². The summed E-state index contributed by atoms with van der Waals surface area (Å²) < 4.78 is 6.75. The van der Waals surface area contributed by atoms with Crippen LogP contribution in [0.4, 0.5) is 5.69 Å². The van der Waals surface area contributed by atoms with Crippen LogP contribution in [0, 0.1) is 6.92 Å². The number of rotatable bonds is 5. The number of anilines is 1. The second kappa shape index (κ2) is 7.06. The van der Waals surface area contributed by atoms with Crippen molar-refractivity contribution in [1.82, 2.24) is 9.55 Å². The smallest absolute Gasteiger partial charge is 0.266 e. The van der Waals surface area contributed by atoms with Gasteiger partial charge in [0.2, 0.25) is 0 Å². The molecule has 0 aliphatic rings. The van der Waals surface area contributed by atoms with Gasteiger partial charge in [-0.2, -0.15) is 0 Å². The predicted octanol–water partition coefficient (Wildman–Crippen LogP) is 3.44. The zero-order valence-corrected chi connectivity index (χ0v) is 15.1. The molecule has 1 N–H and O–H groups in total. The van der Waals surface area contributed by atoms with Crippen LogP contribution < -0.4 is 15.6 Å². The van der Waals surface area contributed by atoms with Crippen LogP contribution in [-0.2, 0) is 6.54 Å². The zero-order chi connectivity index (χ0) is 18.0. The molecule has 130 valence electrons. The predicted molar refractivity (Wildman–Crippen MR) is 99.9 cm³/mol. The molecule has 0 radical (unpaired) electrons. The summed E-state index contributed by atoms with van der Waals surface area (Å²) in [5, 5.41) is 3.37. The summed E-state index contributed by atoms with van der Waals surface area (Å²) in [6, 6.07) is 7.14. The van der Waals surface area contributed by atoms with Crippen LogP contribution in [-0.4, -0.2) is 22.6 Å². The van der Waals surface area contributed by atoms with Crippen LogP contribution in [0.1, 0.15) is 28.6 Å². The second-order valence-electron chi connectivity index (χ2n) is 5.67. The van der Waals surface area contributed by atoms with E-state index in [4.69, 9.17) is 4.74 Å². The minimum atomic E-state index is -0.254. The Labute approximate surface area is 149 Å². The maximum atomic E-state index is 12.6. The lowest BCUT2D eigenvalue weighted by Gasteiger charge is -2.06. The Balaban J connectivity index is 1.98. The van der Waals surface area contributed by atoms with Crippen molar-refractivity contribution in [3.63, 3.8) is 0 Å². The SMILES string of the molecule is CCCn1cnc2sc(C(=O)Nc3cccc(OC)c3)c(C)c2c1=O. The molecule has 1 aromatic carbocycles. The highest BCUT2D eigenvalue weighted by Gasteiger charge is 2.19. The molecule has 7 heteroatoms. The van der Waals surface area contributed by atoms with Gasteiger partial charge >= 0.3 is 0 Å². The molecular formula is C18H19N3O3S. The average Bonchev–Trinajstić information content (AvgIpc) is 2.95. The molecule has 0 saturated heterocycles. The van der Waals surface area contributed by atoms with Gasteiger partial charge in [-0.3, -0.25) is 14.2 Å². The van der Waals surface area contributed by atoms with Crippen LogP contribution in [0.3, 0.4) is 0 Å². The number of ether oxygens (including phenoxy) is 1. The third kappa shape index (κ3) is 3.28. The first-order chi connectivity index (χ1) is 12.0. The second-order valence-corrected chi connectivity index (χ2v) is 6.66. The van der Waals surface area contributed by atoms with E-state index < -0.39 is 0 Å². The molecule has 0 unspecified atom stereocenters. The van der Waals surface area contributed by atoms with Crippen molar-refractivity contribution in [2.24, 2.45) is 0 Å². The summed E-state index contributed by atoms with van der Waals surface area (Å²) in [6.45, 7) is 4.41. The van der Waals surface area contributed by atoms with Crippen molar-refractivity contribution in [1.29, 1.82) is 0 Å². The van der Waals surface area contributed by atoms with E-state index in [-0.39, 0.29) is 11.5 Å². The third-order valence-electron chi connectivity index (χ3n) is 3.92. The van der Waals surface area contributed by atoms with Gasteiger partial charge in [0.25, 0.3) is 11.5 Å². The summed E-state index contributed by atoms with van der Waals surface area (Å²) in [5.41, 5.74) is 1.21. The van der Waals surface area contributed by atoms with E-state index in [0.717, 1.165) is 6.42 Å². The number of hydrogen-bond acceptors (Lipinski definition) is 5. The Kier molecular flexibility index (Phi) is 4.85. The molecule has 3 rings (SSSR count). The third-order valence-corrected chi connectivity index (χ3v) is 5.11. The molecule has 0 bridgehead atoms. The van der Waals surface area contributed by atoms with Gasteiger partial charge in [0, 0.05) is 18.3 Å².